The lowest BCUT2D eigenvalue weighted by Crippen LogP contribution is -2.04. The van der Waals surface area contributed by atoms with E-state index >= 15 is 0 Å². The van der Waals surface area contributed by atoms with Crippen molar-refractivity contribution in [2.75, 3.05) is 13.7 Å². The number of hydrogen-bond donors (Lipinski definition) is 0. The second-order valence-corrected chi connectivity index (χ2v) is 4.25. The fourth-order valence-electron chi connectivity index (χ4n) is 2.02. The van der Waals surface area contributed by atoms with Crippen molar-refractivity contribution in [3.63, 3.8) is 0 Å². The highest BCUT2D eigenvalue weighted by Gasteiger charge is 2.22. The number of nitrogens with zero attached hydrogens (tertiary/aromatic N) is 2. The van der Waals surface area contributed by atoms with Crippen molar-refractivity contribution in [3.8, 4) is 5.75 Å². The summed E-state index contributed by atoms with van der Waals surface area (Å²) in [6.45, 7) is 0.554. The highest BCUT2D eigenvalue weighted by molar-refractivity contribution is 5.93. The van der Waals surface area contributed by atoms with Gasteiger partial charge in [0, 0.05) is 12.3 Å². The van der Waals surface area contributed by atoms with E-state index < -0.39 is 0 Å². The monoisotopic (exact) mass is 254 g/mol. The van der Waals surface area contributed by atoms with Gasteiger partial charge in [0.05, 0.1) is 7.11 Å². The quantitative estimate of drug-likeness (QED) is 0.845. The molecule has 0 fully saturated rings. The van der Waals surface area contributed by atoms with Gasteiger partial charge < -0.3 is 9.47 Å². The second kappa shape index (κ2) is 5.10. The highest BCUT2D eigenvalue weighted by Crippen LogP contribution is 2.25. The van der Waals surface area contributed by atoms with Gasteiger partial charge in [-0.05, 0) is 11.6 Å². The maximum absolute atomic E-state index is 5.64. The first-order chi connectivity index (χ1) is 9.36. The van der Waals surface area contributed by atoms with Gasteiger partial charge in [0.25, 0.3) is 0 Å². The first-order valence-electron chi connectivity index (χ1n) is 6.13. The molecule has 2 aromatic rings. The molecule has 0 saturated heterocycles. The summed E-state index contributed by atoms with van der Waals surface area (Å²) in [4.78, 5) is 8.84. The maximum Gasteiger partial charge on any atom is 0.236 e. The standard InChI is InChI=1S/C15H14N2O2/c1-18-12-7-8-16-13(9-12)15-17-14(10-19-15)11-5-3-2-4-6-11/h2-9,14H,10H2,1H3/t14-/m0/s1. The molecule has 0 spiro atoms. The molecule has 1 aromatic carbocycles. The molecule has 2 heterocycles. The van der Waals surface area contributed by atoms with E-state index in [0.717, 1.165) is 11.3 Å². The minimum Gasteiger partial charge on any atom is -0.497 e. The lowest BCUT2D eigenvalue weighted by Gasteiger charge is -2.03. The number of benzene rings is 1. The van der Waals surface area contributed by atoms with Gasteiger partial charge in [-0.2, -0.15) is 0 Å². The molecule has 0 radical (unpaired) electrons. The molecule has 96 valence electrons. The van der Waals surface area contributed by atoms with Gasteiger partial charge in [0.2, 0.25) is 5.90 Å². The summed E-state index contributed by atoms with van der Waals surface area (Å²) in [6, 6.07) is 13.8. The number of rotatable bonds is 3. The van der Waals surface area contributed by atoms with Crippen LogP contribution in [0.1, 0.15) is 17.3 Å². The topological polar surface area (TPSA) is 43.7 Å². The van der Waals surface area contributed by atoms with E-state index in [1.54, 1.807) is 19.4 Å². The van der Waals surface area contributed by atoms with Crippen molar-refractivity contribution in [2.24, 2.45) is 4.99 Å². The maximum atomic E-state index is 5.64. The average molecular weight is 254 g/mol. The molecular formula is C15H14N2O2. The predicted molar refractivity (Wildman–Crippen MR) is 72.5 cm³/mol. The molecule has 4 heteroatoms. The fourth-order valence-corrected chi connectivity index (χ4v) is 2.02. The molecule has 0 unspecified atom stereocenters. The van der Waals surface area contributed by atoms with Crippen LogP contribution in [0.5, 0.6) is 5.75 Å². The van der Waals surface area contributed by atoms with Gasteiger partial charge in [-0.25, -0.2) is 4.99 Å². The second-order valence-electron chi connectivity index (χ2n) is 4.25. The Kier molecular flexibility index (Phi) is 3.14. The lowest BCUT2D eigenvalue weighted by atomic mass is 10.1. The first-order valence-corrected chi connectivity index (χ1v) is 6.13. The summed E-state index contributed by atoms with van der Waals surface area (Å²) in [5, 5.41) is 0. The molecule has 0 amide bonds. The minimum atomic E-state index is 0.0456. The molecule has 0 bridgehead atoms. The Morgan fingerprint density at radius 1 is 1.21 bits per heavy atom. The SMILES string of the molecule is COc1ccnc(C2=N[C@H](c3ccccc3)CO2)c1. The highest BCUT2D eigenvalue weighted by atomic mass is 16.5. The molecule has 1 aromatic heterocycles. The fraction of sp³-hybridized carbons (Fsp3) is 0.200. The van der Waals surface area contributed by atoms with E-state index in [1.165, 1.54) is 0 Å². The Hall–Kier alpha value is -2.36. The number of aromatic nitrogens is 1. The third-order valence-electron chi connectivity index (χ3n) is 3.02. The molecular weight excluding hydrogens is 240 g/mol. The summed E-state index contributed by atoms with van der Waals surface area (Å²) in [7, 11) is 1.63. The summed E-state index contributed by atoms with van der Waals surface area (Å²) in [5.74, 6) is 1.33. The van der Waals surface area contributed by atoms with Gasteiger partial charge in [-0.15, -0.1) is 0 Å². The molecule has 1 aliphatic rings. The molecule has 3 rings (SSSR count). The number of hydrogen-bond acceptors (Lipinski definition) is 4. The van der Waals surface area contributed by atoms with Crippen molar-refractivity contribution in [1.29, 1.82) is 0 Å². The predicted octanol–water partition coefficient (Wildman–Crippen LogP) is 2.61. The van der Waals surface area contributed by atoms with Crippen LogP contribution in [0.25, 0.3) is 0 Å². The Morgan fingerprint density at radius 2 is 2.05 bits per heavy atom. The number of pyridine rings is 1. The van der Waals surface area contributed by atoms with Crippen molar-refractivity contribution in [1.82, 2.24) is 4.98 Å². The third-order valence-corrected chi connectivity index (χ3v) is 3.02. The van der Waals surface area contributed by atoms with E-state index in [0.29, 0.717) is 18.2 Å². The average Bonchev–Trinajstić information content (AvgIpc) is 2.98. The van der Waals surface area contributed by atoms with E-state index in [-0.39, 0.29) is 6.04 Å². The molecule has 1 atom stereocenters. The Labute approximate surface area is 111 Å². The molecule has 0 aliphatic carbocycles. The summed E-state index contributed by atoms with van der Waals surface area (Å²) in [5.41, 5.74) is 1.86. The van der Waals surface area contributed by atoms with Crippen LogP contribution in [-0.4, -0.2) is 24.6 Å². The summed E-state index contributed by atoms with van der Waals surface area (Å²) in [6.07, 6.45) is 1.69. The van der Waals surface area contributed by atoms with Crippen molar-refractivity contribution >= 4 is 5.90 Å². The molecule has 0 N–H and O–H groups in total. The summed E-state index contributed by atoms with van der Waals surface area (Å²) < 4.78 is 10.8. The summed E-state index contributed by atoms with van der Waals surface area (Å²) >= 11 is 0. The Balaban J connectivity index is 1.87. The zero-order valence-corrected chi connectivity index (χ0v) is 10.6. The zero-order chi connectivity index (χ0) is 13.1. The van der Waals surface area contributed by atoms with E-state index in [1.807, 2.05) is 24.3 Å². The molecule has 19 heavy (non-hydrogen) atoms. The van der Waals surface area contributed by atoms with Crippen LogP contribution >= 0.6 is 0 Å². The van der Waals surface area contributed by atoms with Gasteiger partial charge >= 0.3 is 0 Å². The van der Waals surface area contributed by atoms with Gasteiger partial charge in [0.15, 0.2) is 0 Å². The normalized spacial score (nSPS) is 17.7. The van der Waals surface area contributed by atoms with Crippen LogP contribution in [0.15, 0.2) is 53.7 Å². The van der Waals surface area contributed by atoms with Crippen LogP contribution in [0.4, 0.5) is 0 Å². The van der Waals surface area contributed by atoms with E-state index in [4.69, 9.17) is 9.47 Å². The van der Waals surface area contributed by atoms with Crippen LogP contribution < -0.4 is 4.74 Å². The zero-order valence-electron chi connectivity index (χ0n) is 10.6. The van der Waals surface area contributed by atoms with Crippen molar-refractivity contribution < 1.29 is 9.47 Å². The van der Waals surface area contributed by atoms with Crippen molar-refractivity contribution in [3.05, 3.63) is 59.9 Å². The van der Waals surface area contributed by atoms with E-state index in [9.17, 15) is 0 Å². The van der Waals surface area contributed by atoms with Crippen LogP contribution in [0, 0.1) is 0 Å². The number of methoxy groups -OCH3 is 1. The number of ether oxygens (including phenoxy) is 2. The number of aliphatic imine (C=N–C) groups is 1. The van der Waals surface area contributed by atoms with Crippen LogP contribution in [-0.2, 0) is 4.74 Å². The lowest BCUT2D eigenvalue weighted by molar-refractivity contribution is 0.319. The molecule has 4 nitrogen and oxygen atoms in total. The van der Waals surface area contributed by atoms with Gasteiger partial charge in [-0.1, -0.05) is 30.3 Å². The Bertz CT molecular complexity index is 596. The van der Waals surface area contributed by atoms with E-state index in [2.05, 4.69) is 22.1 Å². The van der Waals surface area contributed by atoms with Crippen LogP contribution in [0.3, 0.4) is 0 Å². The van der Waals surface area contributed by atoms with Gasteiger partial charge in [-0.3, -0.25) is 4.98 Å². The minimum absolute atomic E-state index is 0.0456. The van der Waals surface area contributed by atoms with Crippen LogP contribution in [0.2, 0.25) is 0 Å². The smallest absolute Gasteiger partial charge is 0.236 e. The van der Waals surface area contributed by atoms with Gasteiger partial charge in [0.1, 0.15) is 24.1 Å². The third kappa shape index (κ3) is 2.42. The first kappa shape index (κ1) is 11.7. The molecule has 1 aliphatic heterocycles. The largest absolute Gasteiger partial charge is 0.497 e. The van der Waals surface area contributed by atoms with Crippen molar-refractivity contribution in [2.45, 2.75) is 6.04 Å². The molecule has 0 saturated carbocycles. The Morgan fingerprint density at radius 3 is 2.84 bits per heavy atom.